The summed E-state index contributed by atoms with van der Waals surface area (Å²) in [7, 11) is 0. The summed E-state index contributed by atoms with van der Waals surface area (Å²) in [6, 6.07) is 11.3. The lowest BCUT2D eigenvalue weighted by Gasteiger charge is -2.09. The topological polar surface area (TPSA) is 66.9 Å². The van der Waals surface area contributed by atoms with E-state index in [2.05, 4.69) is 20.6 Å². The van der Waals surface area contributed by atoms with Gasteiger partial charge in [0.15, 0.2) is 0 Å². The van der Waals surface area contributed by atoms with Crippen LogP contribution in [-0.4, -0.2) is 21.9 Å². The van der Waals surface area contributed by atoms with Crippen molar-refractivity contribution in [3.05, 3.63) is 48.4 Å². The molecule has 19 heavy (non-hydrogen) atoms. The summed E-state index contributed by atoms with van der Waals surface area (Å²) < 4.78 is 0. The second kappa shape index (κ2) is 5.95. The number of para-hydroxylation sites is 1. The highest BCUT2D eigenvalue weighted by molar-refractivity contribution is 5.93. The second-order valence-corrected chi connectivity index (χ2v) is 4.41. The van der Waals surface area contributed by atoms with Gasteiger partial charge in [-0.15, -0.1) is 0 Å². The maximum absolute atomic E-state index is 11.8. The van der Waals surface area contributed by atoms with Crippen LogP contribution in [0.1, 0.15) is 24.3 Å². The molecule has 2 rings (SSSR count). The largest absolute Gasteiger partial charge is 0.349 e. The quantitative estimate of drug-likeness (QED) is 0.881. The van der Waals surface area contributed by atoms with Gasteiger partial charge in [0.25, 0.3) is 5.91 Å². The van der Waals surface area contributed by atoms with E-state index in [9.17, 15) is 4.79 Å². The first kappa shape index (κ1) is 13.0. The highest BCUT2D eigenvalue weighted by Crippen LogP contribution is 2.13. The van der Waals surface area contributed by atoms with Crippen molar-refractivity contribution < 1.29 is 4.79 Å². The Morgan fingerprint density at radius 3 is 2.58 bits per heavy atom. The molecule has 5 nitrogen and oxygen atoms in total. The number of nitrogens with one attached hydrogen (secondary N) is 2. The molecule has 0 spiro atoms. The first-order valence-electron chi connectivity index (χ1n) is 6.10. The van der Waals surface area contributed by atoms with Crippen LogP contribution in [-0.2, 0) is 0 Å². The van der Waals surface area contributed by atoms with Gasteiger partial charge in [0, 0.05) is 17.8 Å². The van der Waals surface area contributed by atoms with Crippen molar-refractivity contribution in [2.75, 3.05) is 5.32 Å². The number of hydrogen-bond acceptors (Lipinski definition) is 4. The average molecular weight is 256 g/mol. The van der Waals surface area contributed by atoms with E-state index in [1.807, 2.05) is 44.2 Å². The lowest BCUT2D eigenvalue weighted by molar-refractivity contribution is 0.0938. The number of anilines is 2. The van der Waals surface area contributed by atoms with Crippen molar-refractivity contribution in [3.63, 3.8) is 0 Å². The Labute approximate surface area is 112 Å². The smallest absolute Gasteiger partial charge is 0.270 e. The first-order chi connectivity index (χ1) is 9.15. The van der Waals surface area contributed by atoms with Crippen molar-refractivity contribution in [3.8, 4) is 0 Å². The van der Waals surface area contributed by atoms with E-state index in [1.54, 1.807) is 6.07 Å². The molecule has 98 valence electrons. The first-order valence-corrected chi connectivity index (χ1v) is 6.10. The van der Waals surface area contributed by atoms with E-state index < -0.39 is 0 Å². The summed E-state index contributed by atoms with van der Waals surface area (Å²) in [6.45, 7) is 3.81. The Kier molecular flexibility index (Phi) is 4.07. The molecular formula is C14H16N4O. The summed E-state index contributed by atoms with van der Waals surface area (Å²) >= 11 is 0. The molecule has 2 N–H and O–H groups in total. The maximum atomic E-state index is 11.8. The summed E-state index contributed by atoms with van der Waals surface area (Å²) in [5, 5.41) is 5.91. The second-order valence-electron chi connectivity index (χ2n) is 4.41. The van der Waals surface area contributed by atoms with Crippen LogP contribution < -0.4 is 10.6 Å². The van der Waals surface area contributed by atoms with Crippen molar-refractivity contribution in [1.29, 1.82) is 0 Å². The number of rotatable bonds is 4. The predicted octanol–water partition coefficient (Wildman–Crippen LogP) is 2.36. The van der Waals surface area contributed by atoms with Gasteiger partial charge < -0.3 is 10.6 Å². The minimum atomic E-state index is -0.200. The Balaban J connectivity index is 2.13. The minimum Gasteiger partial charge on any atom is -0.349 e. The Bertz CT molecular complexity index is 554. The maximum Gasteiger partial charge on any atom is 0.270 e. The summed E-state index contributed by atoms with van der Waals surface area (Å²) in [5.41, 5.74) is 1.26. The van der Waals surface area contributed by atoms with Crippen LogP contribution in [0.4, 0.5) is 11.5 Å². The highest BCUT2D eigenvalue weighted by Gasteiger charge is 2.09. The SMILES string of the molecule is CC(C)NC(=O)c1cc(Nc2ccccc2)ncn1. The predicted molar refractivity (Wildman–Crippen MR) is 74.4 cm³/mol. The van der Waals surface area contributed by atoms with Crippen LogP contribution in [0.3, 0.4) is 0 Å². The molecule has 0 aliphatic carbocycles. The fraction of sp³-hybridized carbons (Fsp3) is 0.214. The fourth-order valence-corrected chi connectivity index (χ4v) is 1.56. The zero-order valence-electron chi connectivity index (χ0n) is 10.9. The molecule has 2 aromatic rings. The number of amides is 1. The third kappa shape index (κ3) is 3.77. The molecule has 0 radical (unpaired) electrons. The van der Waals surface area contributed by atoms with Crippen molar-refractivity contribution >= 4 is 17.4 Å². The fourth-order valence-electron chi connectivity index (χ4n) is 1.56. The molecule has 1 aromatic carbocycles. The van der Waals surface area contributed by atoms with Crippen LogP contribution >= 0.6 is 0 Å². The van der Waals surface area contributed by atoms with Gasteiger partial charge in [-0.05, 0) is 26.0 Å². The van der Waals surface area contributed by atoms with Gasteiger partial charge in [0.1, 0.15) is 17.8 Å². The Morgan fingerprint density at radius 2 is 1.89 bits per heavy atom. The number of benzene rings is 1. The lowest BCUT2D eigenvalue weighted by Crippen LogP contribution is -2.30. The van der Waals surface area contributed by atoms with Gasteiger partial charge in [-0.25, -0.2) is 9.97 Å². The molecule has 1 aromatic heterocycles. The van der Waals surface area contributed by atoms with Gasteiger partial charge in [-0.3, -0.25) is 4.79 Å². The lowest BCUT2D eigenvalue weighted by atomic mass is 10.3. The van der Waals surface area contributed by atoms with E-state index in [4.69, 9.17) is 0 Å². The van der Waals surface area contributed by atoms with E-state index in [0.29, 0.717) is 11.5 Å². The Morgan fingerprint density at radius 1 is 1.16 bits per heavy atom. The molecule has 0 fully saturated rings. The summed E-state index contributed by atoms with van der Waals surface area (Å²) in [4.78, 5) is 19.9. The van der Waals surface area contributed by atoms with E-state index >= 15 is 0 Å². The molecule has 0 atom stereocenters. The monoisotopic (exact) mass is 256 g/mol. The third-order valence-corrected chi connectivity index (χ3v) is 2.37. The highest BCUT2D eigenvalue weighted by atomic mass is 16.1. The van der Waals surface area contributed by atoms with Gasteiger partial charge in [-0.2, -0.15) is 0 Å². The number of nitrogens with zero attached hydrogens (tertiary/aromatic N) is 2. The normalized spacial score (nSPS) is 10.3. The number of hydrogen-bond donors (Lipinski definition) is 2. The van der Waals surface area contributed by atoms with Gasteiger partial charge in [0.05, 0.1) is 0 Å². The zero-order chi connectivity index (χ0) is 13.7. The molecule has 0 aliphatic heterocycles. The average Bonchev–Trinajstić information content (AvgIpc) is 2.39. The molecular weight excluding hydrogens is 240 g/mol. The summed E-state index contributed by atoms with van der Waals surface area (Å²) in [5.74, 6) is 0.392. The van der Waals surface area contributed by atoms with E-state index in [-0.39, 0.29) is 11.9 Å². The molecule has 0 unspecified atom stereocenters. The molecule has 0 aliphatic rings. The van der Waals surface area contributed by atoms with Gasteiger partial charge in [-0.1, -0.05) is 18.2 Å². The van der Waals surface area contributed by atoms with Crippen molar-refractivity contribution in [1.82, 2.24) is 15.3 Å². The van der Waals surface area contributed by atoms with Gasteiger partial charge in [0.2, 0.25) is 0 Å². The van der Waals surface area contributed by atoms with Crippen molar-refractivity contribution in [2.45, 2.75) is 19.9 Å². The molecule has 1 amide bonds. The summed E-state index contributed by atoms with van der Waals surface area (Å²) in [6.07, 6.45) is 1.38. The van der Waals surface area contributed by atoms with E-state index in [1.165, 1.54) is 6.33 Å². The molecule has 0 bridgehead atoms. The number of aromatic nitrogens is 2. The van der Waals surface area contributed by atoms with Gasteiger partial charge >= 0.3 is 0 Å². The van der Waals surface area contributed by atoms with Crippen LogP contribution in [0.15, 0.2) is 42.7 Å². The van der Waals surface area contributed by atoms with Crippen LogP contribution in [0.25, 0.3) is 0 Å². The third-order valence-electron chi connectivity index (χ3n) is 2.37. The number of carbonyl (C=O) groups is 1. The van der Waals surface area contributed by atoms with Crippen molar-refractivity contribution in [2.24, 2.45) is 0 Å². The van der Waals surface area contributed by atoms with E-state index in [0.717, 1.165) is 5.69 Å². The molecule has 0 saturated heterocycles. The molecule has 0 saturated carbocycles. The van der Waals surface area contributed by atoms with Crippen LogP contribution in [0.2, 0.25) is 0 Å². The molecule has 1 heterocycles. The van der Waals surface area contributed by atoms with Crippen LogP contribution in [0.5, 0.6) is 0 Å². The number of carbonyl (C=O) groups excluding carboxylic acids is 1. The Hall–Kier alpha value is -2.43. The van der Waals surface area contributed by atoms with Crippen LogP contribution in [0, 0.1) is 0 Å². The minimum absolute atomic E-state index is 0.0768. The standard InChI is InChI=1S/C14H16N4O/c1-10(2)17-14(19)12-8-13(16-9-15-12)18-11-6-4-3-5-7-11/h3-10H,1-2H3,(H,17,19)(H,15,16,18). The molecule has 5 heteroatoms. The zero-order valence-corrected chi connectivity index (χ0v) is 10.9.